The van der Waals surface area contributed by atoms with Crippen LogP contribution in [0.1, 0.15) is 17.0 Å². The van der Waals surface area contributed by atoms with Crippen molar-refractivity contribution in [2.75, 3.05) is 20.2 Å². The molecule has 0 aliphatic carbocycles. The number of aliphatic hydroxyl groups excluding tert-OH is 1. The van der Waals surface area contributed by atoms with Crippen LogP contribution in [-0.2, 0) is 4.79 Å². The molecule has 1 heterocycles. The monoisotopic (exact) mass is 298 g/mol. The number of amides is 1. The van der Waals surface area contributed by atoms with Gasteiger partial charge in [0.25, 0.3) is 0 Å². The highest BCUT2D eigenvalue weighted by Gasteiger charge is 2.09. The molecule has 4 nitrogen and oxygen atoms in total. The molecule has 0 bridgehead atoms. The van der Waals surface area contributed by atoms with E-state index >= 15 is 0 Å². The molecule has 0 unspecified atom stereocenters. The molecule has 1 amide bonds. The topological polar surface area (TPSA) is 45.5 Å². The van der Waals surface area contributed by atoms with Crippen LogP contribution in [0.15, 0.2) is 42.5 Å². The van der Waals surface area contributed by atoms with Gasteiger partial charge in [0.15, 0.2) is 0 Å². The second-order valence-electron chi connectivity index (χ2n) is 5.31. The fourth-order valence-electron chi connectivity index (χ4n) is 2.48. The van der Waals surface area contributed by atoms with Crippen molar-refractivity contribution in [3.63, 3.8) is 0 Å². The first-order valence-electron chi connectivity index (χ1n) is 7.33. The average molecular weight is 298 g/mol. The van der Waals surface area contributed by atoms with Gasteiger partial charge in [-0.15, -0.1) is 0 Å². The number of aromatic nitrogens is 1. The maximum atomic E-state index is 11.9. The largest absolute Gasteiger partial charge is 0.395 e. The number of likely N-dealkylation sites (N-methyl/N-ethyl adjacent to an activating group) is 1. The average Bonchev–Trinajstić information content (AvgIpc) is 2.80. The minimum atomic E-state index is -0.112. The summed E-state index contributed by atoms with van der Waals surface area (Å²) >= 11 is 0. The van der Waals surface area contributed by atoms with Crippen LogP contribution in [0.3, 0.4) is 0 Å². The molecule has 2 aromatic rings. The van der Waals surface area contributed by atoms with Crippen LogP contribution in [0.5, 0.6) is 0 Å². The van der Waals surface area contributed by atoms with Gasteiger partial charge in [-0.25, -0.2) is 0 Å². The third kappa shape index (κ3) is 3.46. The van der Waals surface area contributed by atoms with E-state index in [4.69, 9.17) is 5.11 Å². The van der Waals surface area contributed by atoms with E-state index in [2.05, 4.69) is 29.7 Å². The number of aliphatic hydroxyl groups is 1. The number of para-hydroxylation sites is 1. The first kappa shape index (κ1) is 16.0. The summed E-state index contributed by atoms with van der Waals surface area (Å²) in [6.45, 7) is 4.41. The van der Waals surface area contributed by atoms with Gasteiger partial charge >= 0.3 is 0 Å². The Hall–Kier alpha value is -2.33. The molecule has 4 heteroatoms. The molecule has 0 aliphatic heterocycles. The third-order valence-electron chi connectivity index (χ3n) is 3.70. The van der Waals surface area contributed by atoms with E-state index in [9.17, 15) is 4.79 Å². The molecule has 0 atom stereocenters. The fraction of sp³-hybridized carbons (Fsp3) is 0.278. The number of carbonyl (C=O) groups is 1. The highest BCUT2D eigenvalue weighted by molar-refractivity contribution is 5.91. The predicted octanol–water partition coefficient (Wildman–Crippen LogP) is 2.56. The van der Waals surface area contributed by atoms with Crippen molar-refractivity contribution < 1.29 is 9.90 Å². The minimum Gasteiger partial charge on any atom is -0.395 e. The Morgan fingerprint density at radius 2 is 1.95 bits per heavy atom. The molecule has 0 spiro atoms. The van der Waals surface area contributed by atoms with Crippen LogP contribution in [0.4, 0.5) is 0 Å². The number of rotatable bonds is 5. The van der Waals surface area contributed by atoms with Crippen molar-refractivity contribution in [3.05, 3.63) is 59.4 Å². The first-order chi connectivity index (χ1) is 10.5. The molecule has 1 aromatic heterocycles. The van der Waals surface area contributed by atoms with E-state index < -0.39 is 0 Å². The van der Waals surface area contributed by atoms with Gasteiger partial charge in [-0.2, -0.15) is 0 Å². The Morgan fingerprint density at radius 1 is 1.27 bits per heavy atom. The van der Waals surface area contributed by atoms with Crippen LogP contribution in [0, 0.1) is 13.8 Å². The molecule has 2 rings (SSSR count). The maximum Gasteiger partial charge on any atom is 0.246 e. The lowest BCUT2D eigenvalue weighted by Crippen LogP contribution is -2.27. The Labute approximate surface area is 131 Å². The van der Waals surface area contributed by atoms with Crippen LogP contribution >= 0.6 is 0 Å². The highest BCUT2D eigenvalue weighted by Crippen LogP contribution is 2.21. The van der Waals surface area contributed by atoms with Gasteiger partial charge in [0, 0.05) is 36.7 Å². The van der Waals surface area contributed by atoms with Crippen LogP contribution < -0.4 is 0 Å². The summed E-state index contributed by atoms with van der Waals surface area (Å²) in [6.07, 6.45) is 3.38. The summed E-state index contributed by atoms with van der Waals surface area (Å²) in [4.78, 5) is 13.4. The summed E-state index contributed by atoms with van der Waals surface area (Å²) in [5, 5.41) is 8.86. The minimum absolute atomic E-state index is 0.0292. The number of aryl methyl sites for hydroxylation is 1. The smallest absolute Gasteiger partial charge is 0.246 e. The van der Waals surface area contributed by atoms with E-state index in [-0.39, 0.29) is 12.5 Å². The zero-order valence-corrected chi connectivity index (χ0v) is 13.3. The lowest BCUT2D eigenvalue weighted by Gasteiger charge is -2.12. The van der Waals surface area contributed by atoms with Gasteiger partial charge in [-0.3, -0.25) is 4.79 Å². The number of benzene rings is 1. The van der Waals surface area contributed by atoms with Gasteiger partial charge in [-0.05, 0) is 43.7 Å². The molecule has 1 N–H and O–H groups in total. The predicted molar refractivity (Wildman–Crippen MR) is 89.0 cm³/mol. The summed E-state index contributed by atoms with van der Waals surface area (Å²) in [5.74, 6) is -0.112. The third-order valence-corrected chi connectivity index (χ3v) is 3.70. The van der Waals surface area contributed by atoms with Gasteiger partial charge in [-0.1, -0.05) is 18.2 Å². The standard InChI is InChI=1S/C18H22N2O2/c1-14-13-16(9-10-18(22)19(3)11-12-21)15(2)20(14)17-7-5-4-6-8-17/h4-10,13,21H,11-12H2,1-3H3/b10-9+. The zero-order chi connectivity index (χ0) is 16.1. The van der Waals surface area contributed by atoms with Crippen molar-refractivity contribution in [1.29, 1.82) is 0 Å². The van der Waals surface area contributed by atoms with Crippen molar-refractivity contribution in [3.8, 4) is 5.69 Å². The maximum absolute atomic E-state index is 11.9. The van der Waals surface area contributed by atoms with Gasteiger partial charge < -0.3 is 14.6 Å². The molecule has 116 valence electrons. The molecule has 0 radical (unpaired) electrons. The summed E-state index contributed by atoms with van der Waals surface area (Å²) in [5.41, 5.74) is 4.35. The molecule has 0 saturated carbocycles. The summed E-state index contributed by atoms with van der Waals surface area (Å²) in [6, 6.07) is 12.2. The van der Waals surface area contributed by atoms with E-state index in [0.29, 0.717) is 6.54 Å². The van der Waals surface area contributed by atoms with Gasteiger partial charge in [0.2, 0.25) is 5.91 Å². The number of hydrogen-bond acceptors (Lipinski definition) is 2. The van der Waals surface area contributed by atoms with Crippen molar-refractivity contribution in [2.24, 2.45) is 0 Å². The normalized spacial score (nSPS) is 11.1. The lowest BCUT2D eigenvalue weighted by atomic mass is 10.2. The van der Waals surface area contributed by atoms with Crippen molar-refractivity contribution in [1.82, 2.24) is 9.47 Å². The van der Waals surface area contributed by atoms with E-state index in [1.165, 1.54) is 4.90 Å². The lowest BCUT2D eigenvalue weighted by molar-refractivity contribution is -0.125. The molecule has 0 aliphatic rings. The molecule has 22 heavy (non-hydrogen) atoms. The quantitative estimate of drug-likeness (QED) is 0.862. The first-order valence-corrected chi connectivity index (χ1v) is 7.33. The Balaban J connectivity index is 2.26. The zero-order valence-electron chi connectivity index (χ0n) is 13.3. The molecule has 1 aromatic carbocycles. The molecular weight excluding hydrogens is 276 g/mol. The summed E-state index contributed by atoms with van der Waals surface area (Å²) < 4.78 is 2.17. The second kappa shape index (κ2) is 7.09. The van der Waals surface area contributed by atoms with E-state index in [1.54, 1.807) is 13.1 Å². The number of nitrogens with zero attached hydrogens (tertiary/aromatic N) is 2. The Morgan fingerprint density at radius 3 is 2.59 bits per heavy atom. The molecule has 0 saturated heterocycles. The summed E-state index contributed by atoms with van der Waals surface area (Å²) in [7, 11) is 1.68. The van der Waals surface area contributed by atoms with E-state index in [1.807, 2.05) is 31.2 Å². The van der Waals surface area contributed by atoms with Crippen LogP contribution in [0.2, 0.25) is 0 Å². The Kier molecular flexibility index (Phi) is 5.17. The molecular formula is C18H22N2O2. The van der Waals surface area contributed by atoms with Gasteiger partial charge in [0.1, 0.15) is 0 Å². The van der Waals surface area contributed by atoms with E-state index in [0.717, 1.165) is 22.6 Å². The number of carbonyl (C=O) groups excluding carboxylic acids is 1. The second-order valence-corrected chi connectivity index (χ2v) is 5.31. The number of hydrogen-bond donors (Lipinski definition) is 1. The van der Waals surface area contributed by atoms with Crippen molar-refractivity contribution in [2.45, 2.75) is 13.8 Å². The molecule has 0 fully saturated rings. The SMILES string of the molecule is Cc1cc(/C=C/C(=O)N(C)CCO)c(C)n1-c1ccccc1. The highest BCUT2D eigenvalue weighted by atomic mass is 16.3. The fourth-order valence-corrected chi connectivity index (χ4v) is 2.48. The van der Waals surface area contributed by atoms with Crippen LogP contribution in [-0.4, -0.2) is 40.7 Å². The Bertz CT molecular complexity index is 672. The van der Waals surface area contributed by atoms with Gasteiger partial charge in [0.05, 0.1) is 6.61 Å². The van der Waals surface area contributed by atoms with Crippen molar-refractivity contribution >= 4 is 12.0 Å². The van der Waals surface area contributed by atoms with Crippen LogP contribution in [0.25, 0.3) is 11.8 Å².